The van der Waals surface area contributed by atoms with Crippen molar-refractivity contribution in [3.63, 3.8) is 0 Å². The molecule has 0 rings (SSSR count). The average Bonchev–Trinajstić information content (AvgIpc) is 2.22. The van der Waals surface area contributed by atoms with E-state index in [1.54, 1.807) is 11.8 Å². The summed E-state index contributed by atoms with van der Waals surface area (Å²) in [5, 5.41) is 17.5. The third-order valence-corrected chi connectivity index (χ3v) is 2.55. The van der Waals surface area contributed by atoms with Crippen LogP contribution < -0.4 is 0 Å². The van der Waals surface area contributed by atoms with Gasteiger partial charge >= 0.3 is 5.97 Å². The molecule has 0 aliphatic carbocycles. The van der Waals surface area contributed by atoms with Gasteiger partial charge in [0.05, 0.1) is 6.61 Å². The molecule has 100 valence electrons. The first kappa shape index (κ1) is 15.9. The van der Waals surface area contributed by atoms with Crippen molar-refractivity contribution in [2.45, 2.75) is 39.5 Å². The Kier molecular flexibility index (Phi) is 8.40. The molecular formula is C12H23NO4. The number of hydrogen-bond donors (Lipinski definition) is 2. The SMILES string of the molecule is CCCCN(CCO)C(=O)CC(C)CC(=O)O. The normalized spacial score (nSPS) is 12.2. The topological polar surface area (TPSA) is 77.8 Å². The number of carbonyl (C=O) groups is 2. The molecule has 1 unspecified atom stereocenters. The maximum Gasteiger partial charge on any atom is 0.303 e. The summed E-state index contributed by atoms with van der Waals surface area (Å²) in [6.45, 7) is 4.70. The van der Waals surface area contributed by atoms with E-state index in [1.165, 1.54) is 0 Å². The van der Waals surface area contributed by atoms with Crippen LogP contribution >= 0.6 is 0 Å². The van der Waals surface area contributed by atoms with Gasteiger partial charge in [-0.2, -0.15) is 0 Å². The number of unbranched alkanes of at least 4 members (excludes halogenated alkanes) is 1. The van der Waals surface area contributed by atoms with Gasteiger partial charge in [0.25, 0.3) is 0 Å². The fourth-order valence-electron chi connectivity index (χ4n) is 1.63. The summed E-state index contributed by atoms with van der Waals surface area (Å²) in [4.78, 5) is 24.0. The molecule has 5 heteroatoms. The number of aliphatic carboxylic acids is 1. The van der Waals surface area contributed by atoms with Crippen molar-refractivity contribution < 1.29 is 19.8 Å². The summed E-state index contributed by atoms with van der Waals surface area (Å²) >= 11 is 0. The van der Waals surface area contributed by atoms with E-state index in [0.717, 1.165) is 12.8 Å². The first-order valence-corrected chi connectivity index (χ1v) is 6.11. The highest BCUT2D eigenvalue weighted by Gasteiger charge is 2.17. The lowest BCUT2D eigenvalue weighted by Gasteiger charge is -2.23. The van der Waals surface area contributed by atoms with Crippen LogP contribution in [0.15, 0.2) is 0 Å². The molecule has 0 fully saturated rings. The second kappa shape index (κ2) is 8.98. The molecular weight excluding hydrogens is 222 g/mol. The van der Waals surface area contributed by atoms with Gasteiger partial charge in [-0.25, -0.2) is 0 Å². The number of aliphatic hydroxyl groups is 1. The van der Waals surface area contributed by atoms with Gasteiger partial charge in [0.2, 0.25) is 5.91 Å². The molecule has 2 N–H and O–H groups in total. The van der Waals surface area contributed by atoms with Crippen LogP contribution in [0, 0.1) is 5.92 Å². The van der Waals surface area contributed by atoms with Gasteiger partial charge < -0.3 is 15.1 Å². The monoisotopic (exact) mass is 245 g/mol. The van der Waals surface area contributed by atoms with Crippen LogP contribution in [0.3, 0.4) is 0 Å². The number of carboxylic acids is 1. The standard InChI is InChI=1S/C12H23NO4/c1-3-4-5-13(6-7-14)11(15)8-10(2)9-12(16)17/h10,14H,3-9H2,1-2H3,(H,16,17). The Morgan fingerprint density at radius 1 is 1.24 bits per heavy atom. The molecule has 0 heterocycles. The minimum absolute atomic E-state index is 0.00643. The molecule has 0 aromatic heterocycles. The molecule has 0 aromatic rings. The predicted molar refractivity (Wildman–Crippen MR) is 64.6 cm³/mol. The molecule has 0 saturated heterocycles. The predicted octanol–water partition coefficient (Wildman–Crippen LogP) is 1.11. The molecule has 0 aliphatic heterocycles. The van der Waals surface area contributed by atoms with Crippen molar-refractivity contribution in [2.75, 3.05) is 19.7 Å². The maximum atomic E-state index is 11.9. The Morgan fingerprint density at radius 3 is 2.35 bits per heavy atom. The fraction of sp³-hybridized carbons (Fsp3) is 0.833. The van der Waals surface area contributed by atoms with Crippen LogP contribution in [0.2, 0.25) is 0 Å². The van der Waals surface area contributed by atoms with Crippen LogP contribution in [-0.4, -0.2) is 46.7 Å². The number of amides is 1. The zero-order chi connectivity index (χ0) is 13.3. The van der Waals surface area contributed by atoms with Crippen LogP contribution in [0.4, 0.5) is 0 Å². The van der Waals surface area contributed by atoms with Crippen molar-refractivity contribution >= 4 is 11.9 Å². The van der Waals surface area contributed by atoms with Crippen LogP contribution in [-0.2, 0) is 9.59 Å². The van der Waals surface area contributed by atoms with E-state index in [4.69, 9.17) is 10.2 Å². The van der Waals surface area contributed by atoms with Crippen LogP contribution in [0.25, 0.3) is 0 Å². The molecule has 0 bridgehead atoms. The highest BCUT2D eigenvalue weighted by Crippen LogP contribution is 2.10. The average molecular weight is 245 g/mol. The number of nitrogens with zero attached hydrogens (tertiary/aromatic N) is 1. The Hall–Kier alpha value is -1.10. The first-order chi connectivity index (χ1) is 8.01. The number of hydrogen-bond acceptors (Lipinski definition) is 3. The molecule has 0 radical (unpaired) electrons. The molecule has 0 spiro atoms. The van der Waals surface area contributed by atoms with Gasteiger partial charge in [0.1, 0.15) is 0 Å². The molecule has 0 aliphatic rings. The first-order valence-electron chi connectivity index (χ1n) is 6.11. The van der Waals surface area contributed by atoms with Crippen LogP contribution in [0.5, 0.6) is 0 Å². The van der Waals surface area contributed by atoms with E-state index >= 15 is 0 Å². The van der Waals surface area contributed by atoms with Crippen molar-refractivity contribution in [1.29, 1.82) is 0 Å². The number of carboxylic acid groups (broad SMARTS) is 1. The van der Waals surface area contributed by atoms with Gasteiger partial charge in [-0.05, 0) is 12.3 Å². The number of rotatable bonds is 9. The van der Waals surface area contributed by atoms with Crippen molar-refractivity contribution in [3.8, 4) is 0 Å². The van der Waals surface area contributed by atoms with E-state index in [9.17, 15) is 9.59 Å². The second-order valence-corrected chi connectivity index (χ2v) is 4.37. The quantitative estimate of drug-likeness (QED) is 0.638. The highest BCUT2D eigenvalue weighted by atomic mass is 16.4. The summed E-state index contributed by atoms with van der Waals surface area (Å²) in [6, 6.07) is 0. The van der Waals surface area contributed by atoms with E-state index in [-0.39, 0.29) is 31.3 Å². The Balaban J connectivity index is 4.15. The van der Waals surface area contributed by atoms with E-state index in [1.807, 2.05) is 6.92 Å². The molecule has 1 atom stereocenters. The maximum absolute atomic E-state index is 11.9. The third-order valence-electron chi connectivity index (χ3n) is 2.55. The summed E-state index contributed by atoms with van der Waals surface area (Å²) in [5.41, 5.74) is 0. The lowest BCUT2D eigenvalue weighted by molar-refractivity contribution is -0.138. The zero-order valence-electron chi connectivity index (χ0n) is 10.7. The van der Waals surface area contributed by atoms with Crippen molar-refractivity contribution in [1.82, 2.24) is 4.90 Å². The number of aliphatic hydroxyl groups excluding tert-OH is 1. The molecule has 0 aromatic carbocycles. The minimum Gasteiger partial charge on any atom is -0.481 e. The van der Waals surface area contributed by atoms with Gasteiger partial charge in [-0.1, -0.05) is 20.3 Å². The van der Waals surface area contributed by atoms with Crippen molar-refractivity contribution in [2.24, 2.45) is 5.92 Å². The minimum atomic E-state index is -0.882. The highest BCUT2D eigenvalue weighted by molar-refractivity contribution is 5.77. The van der Waals surface area contributed by atoms with Crippen LogP contribution in [0.1, 0.15) is 39.5 Å². The Morgan fingerprint density at radius 2 is 1.88 bits per heavy atom. The zero-order valence-corrected chi connectivity index (χ0v) is 10.7. The molecule has 0 saturated carbocycles. The fourth-order valence-corrected chi connectivity index (χ4v) is 1.63. The third kappa shape index (κ3) is 7.74. The van der Waals surface area contributed by atoms with Gasteiger partial charge in [0.15, 0.2) is 0 Å². The summed E-state index contributed by atoms with van der Waals surface area (Å²) in [5.74, 6) is -1.11. The van der Waals surface area contributed by atoms with E-state index in [2.05, 4.69) is 0 Å². The van der Waals surface area contributed by atoms with Gasteiger partial charge in [-0.15, -0.1) is 0 Å². The summed E-state index contributed by atoms with van der Waals surface area (Å²) in [6.07, 6.45) is 2.13. The smallest absolute Gasteiger partial charge is 0.303 e. The molecule has 17 heavy (non-hydrogen) atoms. The summed E-state index contributed by atoms with van der Waals surface area (Å²) < 4.78 is 0. The van der Waals surface area contributed by atoms with Gasteiger partial charge in [-0.3, -0.25) is 9.59 Å². The van der Waals surface area contributed by atoms with Crippen molar-refractivity contribution in [3.05, 3.63) is 0 Å². The molecule has 5 nitrogen and oxygen atoms in total. The second-order valence-electron chi connectivity index (χ2n) is 4.37. The van der Waals surface area contributed by atoms with E-state index in [0.29, 0.717) is 13.1 Å². The largest absolute Gasteiger partial charge is 0.481 e. The lowest BCUT2D eigenvalue weighted by atomic mass is 10.0. The number of carbonyl (C=O) groups excluding carboxylic acids is 1. The lowest BCUT2D eigenvalue weighted by Crippen LogP contribution is -2.35. The molecule has 1 amide bonds. The Bertz CT molecular complexity index is 243. The van der Waals surface area contributed by atoms with Gasteiger partial charge in [0, 0.05) is 25.9 Å². The Labute approximate surface area is 102 Å². The summed E-state index contributed by atoms with van der Waals surface area (Å²) in [7, 11) is 0. The van der Waals surface area contributed by atoms with E-state index < -0.39 is 5.97 Å².